The van der Waals surface area contributed by atoms with E-state index in [4.69, 9.17) is 0 Å². The third-order valence-corrected chi connectivity index (χ3v) is 15.1. The average Bonchev–Trinajstić information content (AvgIpc) is 3.88. The van der Waals surface area contributed by atoms with Crippen molar-refractivity contribution >= 4 is 17.1 Å². The van der Waals surface area contributed by atoms with E-state index in [-0.39, 0.29) is 10.8 Å². The largest absolute Gasteiger partial charge is 0.310 e. The molecular formula is C47H43N. The molecule has 5 aromatic carbocycles. The molecule has 5 aromatic rings. The lowest BCUT2D eigenvalue weighted by Crippen LogP contribution is -2.55. The Hall–Kier alpha value is -4.10. The van der Waals surface area contributed by atoms with Crippen LogP contribution in [-0.4, -0.2) is 0 Å². The fourth-order valence-electron chi connectivity index (χ4n) is 13.8. The maximum absolute atomic E-state index is 2.66. The first-order valence-corrected chi connectivity index (χ1v) is 19.1. The van der Waals surface area contributed by atoms with Crippen LogP contribution in [0.3, 0.4) is 0 Å². The molecule has 0 N–H and O–H groups in total. The first kappa shape index (κ1) is 26.8. The minimum atomic E-state index is 0.169. The molecule has 6 saturated carbocycles. The van der Waals surface area contributed by atoms with Crippen molar-refractivity contribution in [2.75, 3.05) is 4.90 Å². The highest BCUT2D eigenvalue weighted by Gasteiger charge is 2.62. The molecular weight excluding hydrogens is 579 g/mol. The summed E-state index contributed by atoms with van der Waals surface area (Å²) < 4.78 is 0. The van der Waals surface area contributed by atoms with Gasteiger partial charge in [0.1, 0.15) is 0 Å². The third kappa shape index (κ3) is 3.20. The zero-order chi connectivity index (χ0) is 31.2. The molecule has 0 heterocycles. The molecule has 48 heavy (non-hydrogen) atoms. The van der Waals surface area contributed by atoms with Crippen molar-refractivity contribution in [3.8, 4) is 22.3 Å². The summed E-state index contributed by atoms with van der Waals surface area (Å²) in [5.74, 6) is 5.12. The number of hydrogen-bond donors (Lipinski definition) is 0. The van der Waals surface area contributed by atoms with E-state index in [1.165, 1.54) is 97.1 Å². The van der Waals surface area contributed by atoms with E-state index in [0.29, 0.717) is 0 Å². The predicted octanol–water partition coefficient (Wildman–Crippen LogP) is 12.0. The van der Waals surface area contributed by atoms with Crippen molar-refractivity contribution in [3.05, 3.63) is 138 Å². The molecule has 3 atom stereocenters. The zero-order valence-electron chi connectivity index (χ0n) is 27.7. The van der Waals surface area contributed by atoms with Crippen LogP contribution in [0.2, 0.25) is 0 Å². The van der Waals surface area contributed by atoms with E-state index >= 15 is 0 Å². The van der Waals surface area contributed by atoms with Crippen molar-refractivity contribution in [2.24, 2.45) is 35.5 Å². The number of benzene rings is 5. The number of rotatable bonds is 3. The number of fused-ring (bicyclic) bond motifs is 11. The van der Waals surface area contributed by atoms with Crippen LogP contribution in [0.15, 0.2) is 115 Å². The summed E-state index contributed by atoms with van der Waals surface area (Å²) in [5.41, 5.74) is 16.6. The van der Waals surface area contributed by atoms with Gasteiger partial charge in [-0.2, -0.15) is 0 Å². The molecule has 2 spiro atoms. The van der Waals surface area contributed by atoms with Crippen molar-refractivity contribution in [1.82, 2.24) is 0 Å². The molecule has 0 aromatic heterocycles. The van der Waals surface area contributed by atoms with Crippen LogP contribution < -0.4 is 4.90 Å². The van der Waals surface area contributed by atoms with Crippen LogP contribution in [0.4, 0.5) is 17.1 Å². The lowest BCUT2D eigenvalue weighted by atomic mass is 9.43. The molecule has 0 aliphatic heterocycles. The van der Waals surface area contributed by atoms with E-state index in [1.807, 2.05) is 0 Å². The number of hydrogen-bond acceptors (Lipinski definition) is 1. The van der Waals surface area contributed by atoms with Crippen molar-refractivity contribution in [2.45, 2.75) is 68.6 Å². The van der Waals surface area contributed by atoms with Gasteiger partial charge in [0.25, 0.3) is 0 Å². The molecule has 1 heteroatoms. The second-order valence-electron chi connectivity index (χ2n) is 16.9. The normalized spacial score (nSPS) is 33.7. The van der Waals surface area contributed by atoms with Gasteiger partial charge in [-0.3, -0.25) is 0 Å². The van der Waals surface area contributed by atoms with Gasteiger partial charge in [-0.25, -0.2) is 0 Å². The standard InChI is InChI=1S/C47H43N/c1-2-8-35(9-3-1)48(36-17-19-43-41(26-36)39-11-4-6-12-42(39)46(43)28-29-14-15-32(46)21-29)37-16-18-40-38-10-5-7-13-44(38)47(45(40)27-37)33-22-30-20-31(24-33)25-34(47)23-30/h1-13,16-19,26-27,29-34H,14-15,20-25,28H2/t29-,30-,31?,32+,33+,34+,46-,47?/m0/s1. The summed E-state index contributed by atoms with van der Waals surface area (Å²) in [6, 6.07) is 45.3. The smallest absolute Gasteiger partial charge is 0.0468 e. The Bertz CT molecular complexity index is 2110. The molecule has 0 saturated heterocycles. The van der Waals surface area contributed by atoms with Crippen LogP contribution in [0.5, 0.6) is 0 Å². The second kappa shape index (κ2) is 9.32. The van der Waals surface area contributed by atoms with Gasteiger partial charge in [-0.1, -0.05) is 85.3 Å². The molecule has 6 bridgehead atoms. The Morgan fingerprint density at radius 3 is 1.75 bits per heavy atom. The Morgan fingerprint density at radius 1 is 0.417 bits per heavy atom. The van der Waals surface area contributed by atoms with Gasteiger partial charge >= 0.3 is 0 Å². The van der Waals surface area contributed by atoms with Crippen molar-refractivity contribution in [3.63, 3.8) is 0 Å². The summed E-state index contributed by atoms with van der Waals surface area (Å²) >= 11 is 0. The topological polar surface area (TPSA) is 3.24 Å². The van der Waals surface area contributed by atoms with Gasteiger partial charge in [-0.15, -0.1) is 0 Å². The highest BCUT2D eigenvalue weighted by atomic mass is 15.1. The van der Waals surface area contributed by atoms with Gasteiger partial charge in [-0.05, 0) is 168 Å². The van der Waals surface area contributed by atoms with E-state index in [9.17, 15) is 0 Å². The lowest BCUT2D eigenvalue weighted by Gasteiger charge is -2.61. The van der Waals surface area contributed by atoms with Gasteiger partial charge in [0, 0.05) is 27.9 Å². The summed E-state index contributed by atoms with van der Waals surface area (Å²) in [4.78, 5) is 2.57. The zero-order valence-corrected chi connectivity index (χ0v) is 27.7. The Morgan fingerprint density at radius 2 is 1.02 bits per heavy atom. The molecule has 0 amide bonds. The number of nitrogens with zero attached hydrogens (tertiary/aromatic N) is 1. The molecule has 0 unspecified atom stereocenters. The van der Waals surface area contributed by atoms with E-state index in [0.717, 1.165) is 35.5 Å². The molecule has 13 rings (SSSR count). The van der Waals surface area contributed by atoms with Crippen LogP contribution >= 0.6 is 0 Å². The minimum Gasteiger partial charge on any atom is -0.310 e. The Labute approximate surface area is 285 Å². The number of para-hydroxylation sites is 1. The summed E-state index contributed by atoms with van der Waals surface area (Å²) in [6.45, 7) is 0. The quantitative estimate of drug-likeness (QED) is 0.194. The second-order valence-corrected chi connectivity index (χ2v) is 16.9. The van der Waals surface area contributed by atoms with Gasteiger partial charge in [0.05, 0.1) is 0 Å². The van der Waals surface area contributed by atoms with Gasteiger partial charge in [0.2, 0.25) is 0 Å². The summed E-state index contributed by atoms with van der Waals surface area (Å²) in [5, 5.41) is 0. The first-order valence-electron chi connectivity index (χ1n) is 19.1. The average molecular weight is 622 g/mol. The van der Waals surface area contributed by atoms with E-state index < -0.39 is 0 Å². The third-order valence-electron chi connectivity index (χ3n) is 15.1. The van der Waals surface area contributed by atoms with E-state index in [2.05, 4.69) is 120 Å². The molecule has 6 fully saturated rings. The molecule has 1 nitrogen and oxygen atoms in total. The Balaban J connectivity index is 1.05. The number of anilines is 3. The monoisotopic (exact) mass is 621 g/mol. The molecule has 0 radical (unpaired) electrons. The first-order chi connectivity index (χ1) is 23.7. The maximum Gasteiger partial charge on any atom is 0.0468 e. The minimum absolute atomic E-state index is 0.169. The molecule has 8 aliphatic rings. The van der Waals surface area contributed by atoms with Crippen LogP contribution in [-0.2, 0) is 10.8 Å². The summed E-state index contributed by atoms with van der Waals surface area (Å²) in [6.07, 6.45) is 12.7. The maximum atomic E-state index is 2.66. The Kier molecular flexibility index (Phi) is 5.20. The van der Waals surface area contributed by atoms with Gasteiger partial charge in [0.15, 0.2) is 0 Å². The molecule has 8 aliphatic carbocycles. The van der Waals surface area contributed by atoms with Gasteiger partial charge < -0.3 is 4.90 Å². The fourth-order valence-corrected chi connectivity index (χ4v) is 13.8. The van der Waals surface area contributed by atoms with Crippen LogP contribution in [0.25, 0.3) is 22.3 Å². The van der Waals surface area contributed by atoms with Crippen LogP contribution in [0.1, 0.15) is 80.0 Å². The van der Waals surface area contributed by atoms with Crippen molar-refractivity contribution in [1.29, 1.82) is 0 Å². The summed E-state index contributed by atoms with van der Waals surface area (Å²) in [7, 11) is 0. The molecule has 236 valence electrons. The SMILES string of the molecule is c1ccc(N(c2ccc3c(c2)-c2ccccc2[C@@]32C[C@H]3CC[C@@H]2C3)c2ccc3c(c2)C2(c4ccccc4-3)[C@H]3CC4C[C@@H](C3)C[C@@H]2C4)cc1. The van der Waals surface area contributed by atoms with Crippen molar-refractivity contribution < 1.29 is 0 Å². The predicted molar refractivity (Wildman–Crippen MR) is 196 cm³/mol. The highest BCUT2D eigenvalue weighted by Crippen LogP contribution is 2.70. The lowest BCUT2D eigenvalue weighted by molar-refractivity contribution is -0.0399. The fraction of sp³-hybridized carbons (Fsp3) is 0.362. The van der Waals surface area contributed by atoms with Crippen LogP contribution in [0, 0.1) is 35.5 Å². The highest BCUT2D eigenvalue weighted by molar-refractivity contribution is 5.89. The van der Waals surface area contributed by atoms with E-state index in [1.54, 1.807) is 22.3 Å².